The summed E-state index contributed by atoms with van der Waals surface area (Å²) in [6, 6.07) is -0.275. The largest absolute Gasteiger partial charge is 0.394 e. The molecule has 0 aliphatic heterocycles. The highest BCUT2D eigenvalue weighted by atomic mass is 16.3. The molecule has 0 aliphatic rings. The molecule has 4 nitrogen and oxygen atoms in total. The maximum Gasteiger partial charge on any atom is 0.223 e. The number of aliphatic hydroxyl groups excluding tert-OH is 1. The van der Waals surface area contributed by atoms with Crippen LogP contribution in [0.5, 0.6) is 0 Å². The quantitative estimate of drug-likeness (QED) is 0.614. The zero-order valence-electron chi connectivity index (χ0n) is 11.3. The van der Waals surface area contributed by atoms with Crippen LogP contribution in [0.1, 0.15) is 40.5 Å². The van der Waals surface area contributed by atoms with Gasteiger partial charge in [-0.15, -0.1) is 6.58 Å². The predicted octanol–water partition coefficient (Wildman–Crippen LogP) is 1.23. The first kappa shape index (κ1) is 16.1. The second-order valence-electron chi connectivity index (χ2n) is 5.95. The van der Waals surface area contributed by atoms with E-state index in [0.717, 1.165) is 0 Å². The minimum absolute atomic E-state index is 0.0294. The number of hydrogen-bond acceptors (Lipinski definition) is 3. The first-order valence-electron chi connectivity index (χ1n) is 5.86. The molecule has 0 heterocycles. The normalized spacial score (nSPS) is 17.1. The van der Waals surface area contributed by atoms with Gasteiger partial charge in [-0.3, -0.25) is 4.79 Å². The van der Waals surface area contributed by atoms with Crippen molar-refractivity contribution in [1.29, 1.82) is 0 Å². The molecule has 0 bridgehead atoms. The Kier molecular flexibility index (Phi) is 5.85. The van der Waals surface area contributed by atoms with Gasteiger partial charge in [0.1, 0.15) is 0 Å². The molecule has 0 aromatic carbocycles. The number of rotatable bonds is 6. The van der Waals surface area contributed by atoms with Gasteiger partial charge in [0.05, 0.1) is 24.7 Å². The zero-order valence-corrected chi connectivity index (χ0v) is 11.3. The Labute approximate surface area is 104 Å². The van der Waals surface area contributed by atoms with E-state index in [4.69, 9.17) is 0 Å². The van der Waals surface area contributed by atoms with Gasteiger partial charge in [-0.2, -0.15) is 0 Å². The molecule has 0 aromatic rings. The second kappa shape index (κ2) is 6.17. The van der Waals surface area contributed by atoms with E-state index in [-0.39, 0.29) is 30.4 Å². The third-order valence-electron chi connectivity index (χ3n) is 2.40. The van der Waals surface area contributed by atoms with Crippen LogP contribution in [-0.2, 0) is 4.79 Å². The van der Waals surface area contributed by atoms with E-state index in [9.17, 15) is 15.0 Å². The van der Waals surface area contributed by atoms with Crippen molar-refractivity contribution in [3.8, 4) is 0 Å². The van der Waals surface area contributed by atoms with Crippen molar-refractivity contribution in [2.45, 2.75) is 52.2 Å². The lowest BCUT2D eigenvalue weighted by atomic mass is 9.88. The molecular formula is C13H25NO3. The average molecular weight is 243 g/mol. The number of amides is 1. The SMILES string of the molecule is C=C[C@](C)(O)CC(=O)N[C@H](CO)CC(C)(C)C. The van der Waals surface area contributed by atoms with E-state index in [1.165, 1.54) is 13.0 Å². The van der Waals surface area contributed by atoms with Gasteiger partial charge < -0.3 is 15.5 Å². The fraction of sp³-hybridized carbons (Fsp3) is 0.769. The average Bonchev–Trinajstić information content (AvgIpc) is 2.13. The van der Waals surface area contributed by atoms with Crippen LogP contribution in [0.3, 0.4) is 0 Å². The topological polar surface area (TPSA) is 69.6 Å². The summed E-state index contributed by atoms with van der Waals surface area (Å²) in [5.41, 5.74) is -1.17. The van der Waals surface area contributed by atoms with Crippen LogP contribution in [0.25, 0.3) is 0 Å². The van der Waals surface area contributed by atoms with Crippen LogP contribution in [0.2, 0.25) is 0 Å². The molecule has 0 radical (unpaired) electrons. The number of nitrogens with one attached hydrogen (secondary N) is 1. The van der Waals surface area contributed by atoms with E-state index < -0.39 is 5.60 Å². The molecule has 0 unspecified atom stereocenters. The summed E-state index contributed by atoms with van der Waals surface area (Å²) in [5.74, 6) is -0.279. The van der Waals surface area contributed by atoms with Crippen LogP contribution < -0.4 is 5.32 Å². The minimum atomic E-state index is -1.20. The molecular weight excluding hydrogens is 218 g/mol. The minimum Gasteiger partial charge on any atom is -0.394 e. The van der Waals surface area contributed by atoms with Crippen molar-refractivity contribution in [3.63, 3.8) is 0 Å². The van der Waals surface area contributed by atoms with Gasteiger partial charge in [0.25, 0.3) is 0 Å². The van der Waals surface area contributed by atoms with Gasteiger partial charge in [0, 0.05) is 0 Å². The molecule has 2 atom stereocenters. The number of carbonyl (C=O) groups is 1. The van der Waals surface area contributed by atoms with E-state index in [2.05, 4.69) is 11.9 Å². The van der Waals surface area contributed by atoms with Crippen LogP contribution in [-0.4, -0.2) is 34.4 Å². The Bertz CT molecular complexity index is 266. The van der Waals surface area contributed by atoms with Gasteiger partial charge in [-0.05, 0) is 18.8 Å². The van der Waals surface area contributed by atoms with E-state index in [1.54, 1.807) is 0 Å². The van der Waals surface area contributed by atoms with Crippen molar-refractivity contribution in [3.05, 3.63) is 12.7 Å². The highest BCUT2D eigenvalue weighted by Crippen LogP contribution is 2.21. The molecule has 17 heavy (non-hydrogen) atoms. The summed E-state index contributed by atoms with van der Waals surface area (Å²) in [6.07, 6.45) is 1.98. The molecule has 0 aliphatic carbocycles. The smallest absolute Gasteiger partial charge is 0.223 e. The summed E-state index contributed by atoms with van der Waals surface area (Å²) >= 11 is 0. The molecule has 3 N–H and O–H groups in total. The summed E-state index contributed by atoms with van der Waals surface area (Å²) in [7, 11) is 0. The molecule has 100 valence electrons. The Morgan fingerprint density at radius 1 is 1.41 bits per heavy atom. The summed E-state index contributed by atoms with van der Waals surface area (Å²) in [6.45, 7) is 11.0. The molecule has 0 saturated heterocycles. The lowest BCUT2D eigenvalue weighted by Gasteiger charge is -2.26. The van der Waals surface area contributed by atoms with E-state index in [1.807, 2.05) is 20.8 Å². The Balaban J connectivity index is 4.30. The van der Waals surface area contributed by atoms with Gasteiger partial charge >= 0.3 is 0 Å². The van der Waals surface area contributed by atoms with Crippen LogP contribution >= 0.6 is 0 Å². The van der Waals surface area contributed by atoms with Crippen LogP contribution in [0.4, 0.5) is 0 Å². The van der Waals surface area contributed by atoms with Crippen molar-refractivity contribution >= 4 is 5.91 Å². The highest BCUT2D eigenvalue weighted by molar-refractivity contribution is 5.77. The molecule has 0 aromatic heterocycles. The van der Waals surface area contributed by atoms with Gasteiger partial charge in [0.15, 0.2) is 0 Å². The standard InChI is InChI=1S/C13H25NO3/c1-6-13(5,17)8-11(16)14-10(9-15)7-12(2,3)4/h6,10,15,17H,1,7-9H2,2-5H3,(H,14,16)/t10-,13-/m0/s1. The Morgan fingerprint density at radius 3 is 2.29 bits per heavy atom. The molecule has 0 saturated carbocycles. The van der Waals surface area contributed by atoms with Crippen LogP contribution in [0, 0.1) is 5.41 Å². The molecule has 0 fully saturated rings. The van der Waals surface area contributed by atoms with E-state index >= 15 is 0 Å². The summed E-state index contributed by atoms with van der Waals surface area (Å²) in [4.78, 5) is 11.6. The predicted molar refractivity (Wildman–Crippen MR) is 68.5 cm³/mol. The highest BCUT2D eigenvalue weighted by Gasteiger charge is 2.24. The Hall–Kier alpha value is -0.870. The van der Waals surface area contributed by atoms with E-state index in [0.29, 0.717) is 6.42 Å². The molecule has 4 heteroatoms. The second-order valence-corrected chi connectivity index (χ2v) is 5.95. The zero-order chi connectivity index (χ0) is 13.7. The van der Waals surface area contributed by atoms with Gasteiger partial charge in [-0.1, -0.05) is 26.8 Å². The van der Waals surface area contributed by atoms with Crippen molar-refractivity contribution in [2.24, 2.45) is 5.41 Å². The molecule has 0 rings (SSSR count). The summed E-state index contributed by atoms with van der Waals surface area (Å²) < 4.78 is 0. The fourth-order valence-corrected chi connectivity index (χ4v) is 1.58. The van der Waals surface area contributed by atoms with Gasteiger partial charge in [-0.25, -0.2) is 0 Å². The number of carbonyl (C=O) groups excluding carboxylic acids is 1. The molecule has 1 amide bonds. The maximum absolute atomic E-state index is 11.6. The lowest BCUT2D eigenvalue weighted by Crippen LogP contribution is -2.42. The van der Waals surface area contributed by atoms with Crippen molar-refractivity contribution < 1.29 is 15.0 Å². The van der Waals surface area contributed by atoms with Crippen molar-refractivity contribution in [1.82, 2.24) is 5.32 Å². The molecule has 0 spiro atoms. The number of hydrogen-bond donors (Lipinski definition) is 3. The third-order valence-corrected chi connectivity index (χ3v) is 2.40. The third kappa shape index (κ3) is 7.94. The first-order chi connectivity index (χ1) is 7.59. The lowest BCUT2D eigenvalue weighted by molar-refractivity contribution is -0.125. The summed E-state index contributed by atoms with van der Waals surface area (Å²) in [5, 5.41) is 21.6. The van der Waals surface area contributed by atoms with Crippen LogP contribution in [0.15, 0.2) is 12.7 Å². The number of aliphatic hydroxyl groups is 2. The monoisotopic (exact) mass is 243 g/mol. The first-order valence-corrected chi connectivity index (χ1v) is 5.86. The van der Waals surface area contributed by atoms with Gasteiger partial charge in [0.2, 0.25) is 5.91 Å². The maximum atomic E-state index is 11.6. The Morgan fingerprint density at radius 2 is 1.94 bits per heavy atom. The van der Waals surface area contributed by atoms with Crippen molar-refractivity contribution in [2.75, 3.05) is 6.61 Å². The fourth-order valence-electron chi connectivity index (χ4n) is 1.58.